The van der Waals surface area contributed by atoms with Gasteiger partial charge in [-0.05, 0) is 24.6 Å². The van der Waals surface area contributed by atoms with E-state index in [1.165, 1.54) is 0 Å². The SMILES string of the molecule is CCOC(=O)Cc1ccc(NC(C#N)=C(C#N)C#N)cc1. The number of esters is 1. The minimum absolute atomic E-state index is 0.113. The van der Waals surface area contributed by atoms with Crippen molar-refractivity contribution in [3.63, 3.8) is 0 Å². The van der Waals surface area contributed by atoms with E-state index < -0.39 is 0 Å². The molecule has 1 rings (SSSR count). The molecule has 1 aromatic rings. The Morgan fingerprint density at radius 2 is 1.76 bits per heavy atom. The monoisotopic (exact) mass is 280 g/mol. The van der Waals surface area contributed by atoms with Crippen molar-refractivity contribution < 1.29 is 9.53 Å². The summed E-state index contributed by atoms with van der Waals surface area (Å²) in [4.78, 5) is 11.3. The van der Waals surface area contributed by atoms with Gasteiger partial charge in [0.25, 0.3) is 0 Å². The van der Waals surface area contributed by atoms with Crippen LogP contribution in [0.15, 0.2) is 35.5 Å². The fraction of sp³-hybridized carbons (Fsp3) is 0.200. The van der Waals surface area contributed by atoms with Crippen LogP contribution in [0, 0.1) is 34.0 Å². The van der Waals surface area contributed by atoms with Gasteiger partial charge in [-0.3, -0.25) is 4.79 Å². The molecule has 6 heteroatoms. The van der Waals surface area contributed by atoms with Crippen molar-refractivity contribution in [2.24, 2.45) is 0 Å². The van der Waals surface area contributed by atoms with E-state index in [0.717, 1.165) is 5.56 Å². The first-order valence-corrected chi connectivity index (χ1v) is 6.10. The highest BCUT2D eigenvalue weighted by molar-refractivity contribution is 5.72. The third kappa shape index (κ3) is 4.70. The van der Waals surface area contributed by atoms with E-state index in [1.54, 1.807) is 49.4 Å². The minimum atomic E-state index is -0.313. The van der Waals surface area contributed by atoms with Gasteiger partial charge >= 0.3 is 5.97 Å². The zero-order chi connectivity index (χ0) is 15.7. The molecule has 0 saturated heterocycles. The van der Waals surface area contributed by atoms with Crippen LogP contribution in [0.25, 0.3) is 0 Å². The Balaban J connectivity index is 2.83. The first-order valence-electron chi connectivity index (χ1n) is 6.10. The number of carbonyl (C=O) groups excluding carboxylic acids is 1. The van der Waals surface area contributed by atoms with E-state index in [-0.39, 0.29) is 23.7 Å². The van der Waals surface area contributed by atoms with E-state index in [0.29, 0.717) is 12.3 Å². The second kappa shape index (κ2) is 7.99. The molecule has 0 bridgehead atoms. The van der Waals surface area contributed by atoms with Crippen LogP contribution in [-0.2, 0) is 16.0 Å². The van der Waals surface area contributed by atoms with Crippen LogP contribution in [-0.4, -0.2) is 12.6 Å². The van der Waals surface area contributed by atoms with Gasteiger partial charge in [0, 0.05) is 5.69 Å². The van der Waals surface area contributed by atoms with E-state index in [4.69, 9.17) is 20.5 Å². The fourth-order valence-corrected chi connectivity index (χ4v) is 1.51. The fourth-order valence-electron chi connectivity index (χ4n) is 1.51. The molecule has 0 aliphatic rings. The van der Waals surface area contributed by atoms with Gasteiger partial charge in [-0.1, -0.05) is 12.1 Å². The van der Waals surface area contributed by atoms with Crippen LogP contribution in [0.2, 0.25) is 0 Å². The van der Waals surface area contributed by atoms with Crippen LogP contribution >= 0.6 is 0 Å². The number of hydrogen-bond acceptors (Lipinski definition) is 6. The number of nitriles is 3. The number of nitrogens with zero attached hydrogens (tertiary/aromatic N) is 3. The van der Waals surface area contributed by atoms with Crippen LogP contribution in [0.4, 0.5) is 5.69 Å². The lowest BCUT2D eigenvalue weighted by Gasteiger charge is -2.06. The van der Waals surface area contributed by atoms with E-state index in [1.807, 2.05) is 0 Å². The lowest BCUT2D eigenvalue weighted by atomic mass is 10.1. The Labute approximate surface area is 122 Å². The van der Waals surface area contributed by atoms with E-state index >= 15 is 0 Å². The quantitative estimate of drug-likeness (QED) is 0.652. The number of nitrogens with one attached hydrogen (secondary N) is 1. The summed E-state index contributed by atoms with van der Waals surface area (Å²) in [6.45, 7) is 2.07. The molecule has 0 spiro atoms. The third-order valence-electron chi connectivity index (χ3n) is 2.46. The summed E-state index contributed by atoms with van der Waals surface area (Å²) in [7, 11) is 0. The van der Waals surface area contributed by atoms with Crippen LogP contribution < -0.4 is 5.32 Å². The summed E-state index contributed by atoms with van der Waals surface area (Å²) in [5.74, 6) is -0.313. The van der Waals surface area contributed by atoms with Crippen molar-refractivity contribution in [3.05, 3.63) is 41.1 Å². The minimum Gasteiger partial charge on any atom is -0.466 e. The van der Waals surface area contributed by atoms with E-state index in [2.05, 4.69) is 5.32 Å². The zero-order valence-electron chi connectivity index (χ0n) is 11.4. The Morgan fingerprint density at radius 3 is 2.24 bits per heavy atom. The van der Waals surface area contributed by atoms with Gasteiger partial charge < -0.3 is 10.1 Å². The second-order valence-electron chi connectivity index (χ2n) is 3.89. The molecule has 0 aliphatic heterocycles. The molecule has 21 heavy (non-hydrogen) atoms. The van der Waals surface area contributed by atoms with Crippen LogP contribution in [0.5, 0.6) is 0 Å². The predicted octanol–water partition coefficient (Wildman–Crippen LogP) is 2.03. The first-order chi connectivity index (χ1) is 10.1. The standard InChI is InChI=1S/C15H12N4O2/c1-2-21-15(20)7-11-3-5-13(6-4-11)19-14(10-18)12(8-16)9-17/h3-6,19H,2,7H2,1H3. The summed E-state index contributed by atoms with van der Waals surface area (Å²) >= 11 is 0. The molecule has 0 atom stereocenters. The molecule has 0 unspecified atom stereocenters. The molecular weight excluding hydrogens is 268 g/mol. The zero-order valence-corrected chi connectivity index (χ0v) is 11.4. The van der Waals surface area contributed by atoms with Crippen molar-refractivity contribution in [2.75, 3.05) is 11.9 Å². The van der Waals surface area contributed by atoms with Gasteiger partial charge in [0.2, 0.25) is 0 Å². The number of ether oxygens (including phenoxy) is 1. The second-order valence-corrected chi connectivity index (χ2v) is 3.89. The van der Waals surface area contributed by atoms with Crippen molar-refractivity contribution in [1.29, 1.82) is 15.8 Å². The molecule has 0 heterocycles. The Kier molecular flexibility index (Phi) is 5.99. The summed E-state index contributed by atoms with van der Waals surface area (Å²) in [6, 6.07) is 11.8. The van der Waals surface area contributed by atoms with Crippen LogP contribution in [0.3, 0.4) is 0 Å². The van der Waals surface area contributed by atoms with Gasteiger partial charge in [0.1, 0.15) is 23.9 Å². The first kappa shape index (κ1) is 15.8. The Morgan fingerprint density at radius 1 is 1.14 bits per heavy atom. The maximum atomic E-state index is 11.3. The molecule has 1 aromatic carbocycles. The highest BCUT2D eigenvalue weighted by atomic mass is 16.5. The smallest absolute Gasteiger partial charge is 0.310 e. The van der Waals surface area contributed by atoms with Crippen molar-refractivity contribution in [3.8, 4) is 18.2 Å². The summed E-state index contributed by atoms with van der Waals surface area (Å²) in [5.41, 5.74) is 0.913. The summed E-state index contributed by atoms with van der Waals surface area (Å²) < 4.78 is 4.84. The Hall–Kier alpha value is -3.30. The van der Waals surface area contributed by atoms with Crippen LogP contribution in [0.1, 0.15) is 12.5 Å². The topological polar surface area (TPSA) is 110 Å². The maximum absolute atomic E-state index is 11.3. The molecule has 0 aromatic heterocycles. The molecule has 6 nitrogen and oxygen atoms in total. The van der Waals surface area contributed by atoms with Gasteiger partial charge in [-0.25, -0.2) is 0 Å². The molecule has 1 N–H and O–H groups in total. The molecule has 0 fully saturated rings. The van der Waals surface area contributed by atoms with Gasteiger partial charge in [0.15, 0.2) is 5.57 Å². The molecule has 104 valence electrons. The number of carbonyl (C=O) groups is 1. The molecule has 0 amide bonds. The van der Waals surface area contributed by atoms with Crippen molar-refractivity contribution >= 4 is 11.7 Å². The number of rotatable bonds is 5. The Bertz CT molecular complexity index is 654. The highest BCUT2D eigenvalue weighted by Gasteiger charge is 2.07. The van der Waals surface area contributed by atoms with Gasteiger partial charge in [0.05, 0.1) is 13.0 Å². The van der Waals surface area contributed by atoms with Gasteiger partial charge in [-0.15, -0.1) is 0 Å². The number of benzene rings is 1. The lowest BCUT2D eigenvalue weighted by molar-refractivity contribution is -0.142. The molecule has 0 saturated carbocycles. The normalized spacial score (nSPS) is 8.67. The van der Waals surface area contributed by atoms with Gasteiger partial charge in [-0.2, -0.15) is 15.8 Å². The average molecular weight is 280 g/mol. The predicted molar refractivity (Wildman–Crippen MR) is 74.3 cm³/mol. The van der Waals surface area contributed by atoms with Crippen molar-refractivity contribution in [1.82, 2.24) is 0 Å². The summed E-state index contributed by atoms with van der Waals surface area (Å²) in [5, 5.41) is 29.1. The number of allylic oxidation sites excluding steroid dienone is 2. The molecule has 0 aliphatic carbocycles. The maximum Gasteiger partial charge on any atom is 0.310 e. The molecule has 0 radical (unpaired) electrons. The number of anilines is 1. The summed E-state index contributed by atoms with van der Waals surface area (Å²) in [6.07, 6.45) is 0.163. The largest absolute Gasteiger partial charge is 0.466 e. The highest BCUT2D eigenvalue weighted by Crippen LogP contribution is 2.14. The lowest BCUT2D eigenvalue weighted by Crippen LogP contribution is -2.07. The number of hydrogen-bond donors (Lipinski definition) is 1. The van der Waals surface area contributed by atoms with E-state index in [9.17, 15) is 4.79 Å². The van der Waals surface area contributed by atoms with Crippen molar-refractivity contribution in [2.45, 2.75) is 13.3 Å². The third-order valence-corrected chi connectivity index (χ3v) is 2.46. The molecular formula is C15H12N4O2. The average Bonchev–Trinajstić information content (AvgIpc) is 2.49.